The molecule has 2 atom stereocenters. The second kappa shape index (κ2) is 10.5. The Hall–Kier alpha value is -1.12. The van der Waals surface area contributed by atoms with E-state index in [1.54, 1.807) is 11.2 Å². The highest BCUT2D eigenvalue weighted by Crippen LogP contribution is 2.50. The van der Waals surface area contributed by atoms with E-state index in [1.807, 2.05) is 0 Å². The molecule has 2 aromatic carbocycles. The van der Waals surface area contributed by atoms with E-state index in [2.05, 4.69) is 89.6 Å². The Kier molecular flexibility index (Phi) is 7.70. The first-order valence-electron chi connectivity index (χ1n) is 12.2. The van der Waals surface area contributed by atoms with Crippen LogP contribution in [0.15, 0.2) is 65.1 Å². The zero-order valence-electron chi connectivity index (χ0n) is 18.5. The lowest BCUT2D eigenvalue weighted by atomic mass is 9.79. The van der Waals surface area contributed by atoms with Gasteiger partial charge in [0.1, 0.15) is 0 Å². The zero-order chi connectivity index (χ0) is 20.8. The standard InChI is InChI=1S/C28H37BrSi/c1-2-21-30(27-8-4-3-5-9-27)22-7-6-10-28(30)25-17-13-23(14-18-25)11-12-24-15-19-26(29)20-16-24/h3-5,8-9,11-12,15-16,19-20,23,25,28H,2,6-7,10,13-14,17-18,21-22H2,1H3. The number of benzene rings is 2. The number of hydrogen-bond donors (Lipinski definition) is 0. The SMILES string of the molecule is CCC[Si]1(c2ccccc2)CCCCC1C1CCC(C=Cc2ccc(Br)cc2)CC1. The molecular formula is C28H37BrSi. The lowest BCUT2D eigenvalue weighted by molar-refractivity contribution is 0.280. The van der Waals surface area contributed by atoms with Crippen LogP contribution in [0.2, 0.25) is 17.6 Å². The van der Waals surface area contributed by atoms with E-state index in [4.69, 9.17) is 0 Å². The molecule has 1 heterocycles. The van der Waals surface area contributed by atoms with Gasteiger partial charge in [-0.3, -0.25) is 0 Å². The van der Waals surface area contributed by atoms with Gasteiger partial charge in [0, 0.05) is 4.47 Å². The van der Waals surface area contributed by atoms with Crippen LogP contribution >= 0.6 is 15.9 Å². The van der Waals surface area contributed by atoms with Gasteiger partial charge in [-0.1, -0.05) is 120 Å². The molecular weight excluding hydrogens is 444 g/mol. The quantitative estimate of drug-likeness (QED) is 0.363. The van der Waals surface area contributed by atoms with Crippen molar-refractivity contribution in [3.05, 3.63) is 70.7 Å². The molecule has 2 aromatic rings. The number of rotatable bonds is 6. The molecule has 2 heteroatoms. The molecule has 0 N–H and O–H groups in total. The molecule has 0 radical (unpaired) electrons. The summed E-state index contributed by atoms with van der Waals surface area (Å²) in [5, 5.41) is 1.77. The normalized spacial score (nSPS) is 29.9. The molecule has 0 amide bonds. The molecule has 2 aliphatic rings. The van der Waals surface area contributed by atoms with Gasteiger partial charge in [-0.2, -0.15) is 0 Å². The Morgan fingerprint density at radius 3 is 2.33 bits per heavy atom. The third-order valence-electron chi connectivity index (χ3n) is 7.96. The topological polar surface area (TPSA) is 0 Å². The maximum absolute atomic E-state index is 3.53. The van der Waals surface area contributed by atoms with Crippen molar-refractivity contribution in [2.24, 2.45) is 11.8 Å². The first-order chi connectivity index (χ1) is 14.7. The highest BCUT2D eigenvalue weighted by molar-refractivity contribution is 9.10. The summed E-state index contributed by atoms with van der Waals surface area (Å²) in [4.78, 5) is 0. The number of halogens is 1. The van der Waals surface area contributed by atoms with Crippen molar-refractivity contribution < 1.29 is 0 Å². The monoisotopic (exact) mass is 480 g/mol. The van der Waals surface area contributed by atoms with Crippen molar-refractivity contribution in [2.75, 3.05) is 0 Å². The van der Waals surface area contributed by atoms with Gasteiger partial charge in [0.2, 0.25) is 0 Å². The van der Waals surface area contributed by atoms with Crippen LogP contribution < -0.4 is 5.19 Å². The van der Waals surface area contributed by atoms with Crippen LogP contribution in [-0.2, 0) is 0 Å². The Morgan fingerprint density at radius 2 is 1.63 bits per heavy atom. The molecule has 0 nitrogen and oxygen atoms in total. The van der Waals surface area contributed by atoms with Crippen LogP contribution in [0.5, 0.6) is 0 Å². The molecule has 4 rings (SSSR count). The minimum Gasteiger partial charge on any atom is -0.0808 e. The van der Waals surface area contributed by atoms with Crippen LogP contribution in [0.3, 0.4) is 0 Å². The summed E-state index contributed by atoms with van der Waals surface area (Å²) in [6.45, 7) is 2.42. The Balaban J connectivity index is 1.45. The second-order valence-corrected chi connectivity index (χ2v) is 15.3. The van der Waals surface area contributed by atoms with Gasteiger partial charge in [-0.05, 0) is 60.8 Å². The van der Waals surface area contributed by atoms with Crippen LogP contribution in [0.4, 0.5) is 0 Å². The van der Waals surface area contributed by atoms with Gasteiger partial charge in [0.05, 0.1) is 8.07 Å². The summed E-state index contributed by atoms with van der Waals surface area (Å²) in [5.74, 6) is 1.74. The molecule has 0 aromatic heterocycles. The molecule has 1 aliphatic heterocycles. The molecule has 0 bridgehead atoms. The fraction of sp³-hybridized carbons (Fsp3) is 0.500. The van der Waals surface area contributed by atoms with Gasteiger partial charge < -0.3 is 0 Å². The van der Waals surface area contributed by atoms with Crippen LogP contribution in [0.25, 0.3) is 6.08 Å². The highest BCUT2D eigenvalue weighted by Gasteiger charge is 2.47. The third kappa shape index (κ3) is 5.02. The van der Waals surface area contributed by atoms with Crippen molar-refractivity contribution in [2.45, 2.75) is 75.9 Å². The lowest BCUT2D eigenvalue weighted by Crippen LogP contribution is -2.55. The van der Waals surface area contributed by atoms with E-state index < -0.39 is 8.07 Å². The van der Waals surface area contributed by atoms with E-state index in [0.717, 1.165) is 21.8 Å². The van der Waals surface area contributed by atoms with Gasteiger partial charge in [-0.25, -0.2) is 0 Å². The molecule has 1 aliphatic carbocycles. The van der Waals surface area contributed by atoms with E-state index >= 15 is 0 Å². The van der Waals surface area contributed by atoms with E-state index in [0.29, 0.717) is 0 Å². The first kappa shape index (κ1) is 22.1. The van der Waals surface area contributed by atoms with Crippen molar-refractivity contribution in [3.63, 3.8) is 0 Å². The third-order valence-corrected chi connectivity index (χ3v) is 14.8. The fourth-order valence-corrected chi connectivity index (χ4v) is 13.4. The summed E-state index contributed by atoms with van der Waals surface area (Å²) >= 11 is 3.53. The summed E-state index contributed by atoms with van der Waals surface area (Å²) < 4.78 is 1.16. The van der Waals surface area contributed by atoms with Crippen LogP contribution in [0, 0.1) is 11.8 Å². The van der Waals surface area contributed by atoms with E-state index in [1.165, 1.54) is 63.0 Å². The molecule has 0 spiro atoms. The van der Waals surface area contributed by atoms with Crippen molar-refractivity contribution in [3.8, 4) is 0 Å². The van der Waals surface area contributed by atoms with Gasteiger partial charge in [0.15, 0.2) is 0 Å². The largest absolute Gasteiger partial charge is 0.0900 e. The van der Waals surface area contributed by atoms with Crippen LogP contribution in [0.1, 0.15) is 63.9 Å². The minimum atomic E-state index is -1.40. The minimum absolute atomic E-state index is 0.771. The Morgan fingerprint density at radius 1 is 0.900 bits per heavy atom. The first-order valence-corrected chi connectivity index (χ1v) is 15.5. The maximum Gasteiger partial charge on any atom is 0.0900 e. The smallest absolute Gasteiger partial charge is 0.0808 e. The summed E-state index contributed by atoms with van der Waals surface area (Å²) in [6.07, 6.45) is 16.3. The highest BCUT2D eigenvalue weighted by atomic mass is 79.9. The second-order valence-electron chi connectivity index (χ2n) is 9.71. The van der Waals surface area contributed by atoms with Crippen LogP contribution in [-0.4, -0.2) is 8.07 Å². The van der Waals surface area contributed by atoms with Gasteiger partial charge in [-0.15, -0.1) is 0 Å². The zero-order valence-corrected chi connectivity index (χ0v) is 21.1. The fourth-order valence-electron chi connectivity index (χ4n) is 6.54. The summed E-state index contributed by atoms with van der Waals surface area (Å²) in [6, 6.07) is 23.5. The van der Waals surface area contributed by atoms with Gasteiger partial charge in [0.25, 0.3) is 0 Å². The van der Waals surface area contributed by atoms with Crippen molar-refractivity contribution in [1.82, 2.24) is 0 Å². The van der Waals surface area contributed by atoms with Gasteiger partial charge >= 0.3 is 0 Å². The average Bonchev–Trinajstić information content (AvgIpc) is 2.80. The molecule has 1 saturated heterocycles. The molecule has 30 heavy (non-hydrogen) atoms. The Bertz CT molecular complexity index is 800. The number of allylic oxidation sites excluding steroid dienone is 1. The molecule has 1 saturated carbocycles. The van der Waals surface area contributed by atoms with Crippen molar-refractivity contribution in [1.29, 1.82) is 0 Å². The molecule has 2 unspecified atom stereocenters. The van der Waals surface area contributed by atoms with E-state index in [-0.39, 0.29) is 0 Å². The summed E-state index contributed by atoms with van der Waals surface area (Å²) in [5.41, 5.74) is 2.34. The van der Waals surface area contributed by atoms with Crippen molar-refractivity contribution >= 4 is 35.3 Å². The predicted molar refractivity (Wildman–Crippen MR) is 138 cm³/mol. The molecule has 160 valence electrons. The summed E-state index contributed by atoms with van der Waals surface area (Å²) in [7, 11) is -1.40. The van der Waals surface area contributed by atoms with E-state index in [9.17, 15) is 0 Å². The maximum atomic E-state index is 3.53. The number of hydrogen-bond acceptors (Lipinski definition) is 0. The Labute approximate surface area is 193 Å². The predicted octanol–water partition coefficient (Wildman–Crippen LogP) is 8.59. The lowest BCUT2D eigenvalue weighted by Gasteiger charge is -2.48. The molecule has 2 fully saturated rings. The average molecular weight is 482 g/mol.